The highest BCUT2D eigenvalue weighted by Crippen LogP contribution is 2.36. The Bertz CT molecular complexity index is 917. The molecule has 3 rings (SSSR count). The third-order valence-corrected chi connectivity index (χ3v) is 5.80. The van der Waals surface area contributed by atoms with Gasteiger partial charge in [-0.2, -0.15) is 0 Å². The van der Waals surface area contributed by atoms with E-state index in [-0.39, 0.29) is 5.91 Å². The van der Waals surface area contributed by atoms with E-state index in [9.17, 15) is 14.7 Å². The molecule has 1 saturated heterocycles. The summed E-state index contributed by atoms with van der Waals surface area (Å²) >= 11 is 6.49. The number of nitrogens with zero attached hydrogens (tertiary/aromatic N) is 2. The molecule has 1 fully saturated rings. The number of fused-ring (bicyclic) bond motifs is 1. The molecule has 0 radical (unpaired) electrons. The number of carbonyl (C=O) groups is 2. The van der Waals surface area contributed by atoms with Crippen molar-refractivity contribution in [1.29, 1.82) is 0 Å². The van der Waals surface area contributed by atoms with Crippen LogP contribution in [-0.2, 0) is 16.6 Å². The van der Waals surface area contributed by atoms with Crippen molar-refractivity contribution < 1.29 is 14.7 Å². The highest BCUT2D eigenvalue weighted by atomic mass is 32.2. The van der Waals surface area contributed by atoms with Gasteiger partial charge in [-0.25, -0.2) is 4.79 Å². The minimum atomic E-state index is -1.01. The first kappa shape index (κ1) is 18.7. The fourth-order valence-electron chi connectivity index (χ4n) is 3.14. The standard InChI is InChI=1S/C19H20N2O3S2/c1-3-4-8-15(18(23)24)21-17(22)16(26-19(21)25)10-12-11-20(2)14-9-6-5-7-13(12)14/h5-7,9-11,15H,3-4,8H2,1-2H3,(H,23,24)/b16-10-/t15-/m1/s1. The van der Waals surface area contributed by atoms with Crippen molar-refractivity contribution in [3.63, 3.8) is 0 Å². The number of hydrogen-bond donors (Lipinski definition) is 1. The molecular formula is C19H20N2O3S2. The highest BCUT2D eigenvalue weighted by molar-refractivity contribution is 8.26. The van der Waals surface area contributed by atoms with Crippen LogP contribution in [0.25, 0.3) is 17.0 Å². The van der Waals surface area contributed by atoms with Crippen LogP contribution in [0.15, 0.2) is 35.4 Å². The number of carbonyl (C=O) groups excluding carboxylic acids is 1. The summed E-state index contributed by atoms with van der Waals surface area (Å²) in [6, 6.07) is 7.04. The molecular weight excluding hydrogens is 368 g/mol. The molecule has 1 aromatic carbocycles. The van der Waals surface area contributed by atoms with Crippen molar-refractivity contribution in [2.45, 2.75) is 32.2 Å². The van der Waals surface area contributed by atoms with Crippen molar-refractivity contribution in [3.05, 3.63) is 40.9 Å². The van der Waals surface area contributed by atoms with E-state index < -0.39 is 12.0 Å². The fourth-order valence-corrected chi connectivity index (χ4v) is 4.49. The number of thioether (sulfide) groups is 1. The molecule has 2 heterocycles. The first-order valence-corrected chi connectivity index (χ1v) is 9.70. The summed E-state index contributed by atoms with van der Waals surface area (Å²) in [6.07, 6.45) is 5.77. The molecule has 1 N–H and O–H groups in total. The van der Waals surface area contributed by atoms with Crippen LogP contribution in [-0.4, -0.2) is 36.8 Å². The van der Waals surface area contributed by atoms with Gasteiger partial charge in [-0.05, 0) is 18.6 Å². The van der Waals surface area contributed by atoms with Gasteiger partial charge in [-0.15, -0.1) is 0 Å². The van der Waals surface area contributed by atoms with E-state index in [0.29, 0.717) is 15.6 Å². The number of aliphatic carboxylic acids is 1. The highest BCUT2D eigenvalue weighted by Gasteiger charge is 2.40. The Morgan fingerprint density at radius 3 is 2.81 bits per heavy atom. The van der Waals surface area contributed by atoms with Gasteiger partial charge in [-0.3, -0.25) is 9.69 Å². The molecule has 2 aromatic rings. The van der Waals surface area contributed by atoms with Gasteiger partial charge >= 0.3 is 5.97 Å². The Kier molecular flexibility index (Phi) is 5.48. The lowest BCUT2D eigenvalue weighted by Crippen LogP contribution is -2.43. The lowest BCUT2D eigenvalue weighted by molar-refractivity contribution is -0.145. The summed E-state index contributed by atoms with van der Waals surface area (Å²) in [7, 11) is 1.95. The Morgan fingerprint density at radius 1 is 1.38 bits per heavy atom. The smallest absolute Gasteiger partial charge is 0.326 e. The van der Waals surface area contributed by atoms with Gasteiger partial charge in [0.05, 0.1) is 4.91 Å². The number of aromatic nitrogens is 1. The third kappa shape index (κ3) is 3.41. The molecule has 1 atom stereocenters. The van der Waals surface area contributed by atoms with Crippen LogP contribution in [0.2, 0.25) is 0 Å². The molecule has 0 bridgehead atoms. The molecule has 5 nitrogen and oxygen atoms in total. The molecule has 0 unspecified atom stereocenters. The number of carboxylic acids is 1. The van der Waals surface area contributed by atoms with E-state index in [1.165, 1.54) is 16.7 Å². The van der Waals surface area contributed by atoms with E-state index in [4.69, 9.17) is 12.2 Å². The maximum absolute atomic E-state index is 12.9. The van der Waals surface area contributed by atoms with Gasteiger partial charge < -0.3 is 9.67 Å². The number of para-hydroxylation sites is 1. The minimum absolute atomic E-state index is 0.310. The van der Waals surface area contributed by atoms with Gasteiger partial charge in [0.1, 0.15) is 10.4 Å². The molecule has 136 valence electrons. The summed E-state index contributed by atoms with van der Waals surface area (Å²) in [5, 5.41) is 10.6. The van der Waals surface area contributed by atoms with Gasteiger partial charge in [-0.1, -0.05) is 61.9 Å². The van der Waals surface area contributed by atoms with Crippen LogP contribution in [0, 0.1) is 0 Å². The maximum Gasteiger partial charge on any atom is 0.326 e. The van der Waals surface area contributed by atoms with E-state index in [0.717, 1.165) is 29.3 Å². The van der Waals surface area contributed by atoms with Crippen molar-refractivity contribution in [3.8, 4) is 0 Å². The molecule has 0 saturated carbocycles. The second kappa shape index (κ2) is 7.63. The molecule has 1 aliphatic rings. The van der Waals surface area contributed by atoms with Crippen LogP contribution in [0.1, 0.15) is 31.7 Å². The number of thiocarbonyl (C=S) groups is 1. The molecule has 0 aliphatic carbocycles. The predicted molar refractivity (Wildman–Crippen MR) is 109 cm³/mol. The van der Waals surface area contributed by atoms with Crippen molar-refractivity contribution in [2.75, 3.05) is 0 Å². The number of aryl methyl sites for hydroxylation is 1. The van der Waals surface area contributed by atoms with Crippen LogP contribution in [0.3, 0.4) is 0 Å². The van der Waals surface area contributed by atoms with Crippen molar-refractivity contribution in [2.24, 2.45) is 7.05 Å². The summed E-state index contributed by atoms with van der Waals surface area (Å²) in [5.41, 5.74) is 1.99. The molecule has 1 amide bonds. The zero-order valence-corrected chi connectivity index (χ0v) is 16.3. The monoisotopic (exact) mass is 388 g/mol. The van der Waals surface area contributed by atoms with Gasteiger partial charge in [0.15, 0.2) is 0 Å². The number of hydrogen-bond acceptors (Lipinski definition) is 4. The zero-order chi connectivity index (χ0) is 18.8. The van der Waals surface area contributed by atoms with Gasteiger partial charge in [0.25, 0.3) is 5.91 Å². The van der Waals surface area contributed by atoms with Gasteiger partial charge in [0, 0.05) is 29.7 Å². The molecule has 26 heavy (non-hydrogen) atoms. The van der Waals surface area contributed by atoms with E-state index in [2.05, 4.69) is 0 Å². The Labute approximate surface area is 161 Å². The Morgan fingerprint density at radius 2 is 2.12 bits per heavy atom. The van der Waals surface area contributed by atoms with E-state index in [1.807, 2.05) is 49.0 Å². The maximum atomic E-state index is 12.9. The first-order chi connectivity index (χ1) is 12.4. The van der Waals surface area contributed by atoms with E-state index >= 15 is 0 Å². The summed E-state index contributed by atoms with van der Waals surface area (Å²) in [5.74, 6) is -1.34. The quantitative estimate of drug-likeness (QED) is 0.598. The van der Waals surface area contributed by atoms with Crippen LogP contribution in [0.5, 0.6) is 0 Å². The second-order valence-electron chi connectivity index (χ2n) is 6.26. The molecule has 1 aromatic heterocycles. The average molecular weight is 389 g/mol. The molecule has 1 aliphatic heterocycles. The predicted octanol–water partition coefficient (Wildman–Crippen LogP) is 4.02. The number of carboxylic acid groups (broad SMARTS) is 1. The largest absolute Gasteiger partial charge is 0.480 e. The van der Waals surface area contributed by atoms with Crippen molar-refractivity contribution >= 4 is 57.2 Å². The summed E-state index contributed by atoms with van der Waals surface area (Å²) in [4.78, 5) is 26.2. The summed E-state index contributed by atoms with van der Waals surface area (Å²) in [6.45, 7) is 1.99. The fraction of sp³-hybridized carbons (Fsp3) is 0.316. The number of amides is 1. The number of rotatable bonds is 6. The van der Waals surface area contributed by atoms with Crippen LogP contribution >= 0.6 is 24.0 Å². The molecule has 0 spiro atoms. The van der Waals surface area contributed by atoms with Crippen LogP contribution < -0.4 is 0 Å². The Balaban J connectivity index is 1.95. The minimum Gasteiger partial charge on any atom is -0.480 e. The van der Waals surface area contributed by atoms with Gasteiger partial charge in [0.2, 0.25) is 0 Å². The molecule has 7 heteroatoms. The number of unbranched alkanes of at least 4 members (excludes halogenated alkanes) is 1. The normalized spacial score (nSPS) is 17.5. The van der Waals surface area contributed by atoms with Crippen LogP contribution in [0.4, 0.5) is 0 Å². The lowest BCUT2D eigenvalue weighted by Gasteiger charge is -2.22. The van der Waals surface area contributed by atoms with Crippen molar-refractivity contribution in [1.82, 2.24) is 9.47 Å². The topological polar surface area (TPSA) is 62.5 Å². The second-order valence-corrected chi connectivity index (χ2v) is 7.94. The first-order valence-electron chi connectivity index (χ1n) is 8.48. The SMILES string of the molecule is CCCC[C@H](C(=O)O)N1C(=O)/C(=C/c2cn(C)c3ccccc23)SC1=S. The lowest BCUT2D eigenvalue weighted by atomic mass is 10.1. The Hall–Kier alpha value is -2.12. The van der Waals surface area contributed by atoms with E-state index in [1.54, 1.807) is 6.08 Å². The number of benzene rings is 1. The summed E-state index contributed by atoms with van der Waals surface area (Å²) < 4.78 is 2.31. The average Bonchev–Trinajstić information content (AvgIpc) is 3.07. The third-order valence-electron chi connectivity index (χ3n) is 4.47. The zero-order valence-electron chi connectivity index (χ0n) is 14.6.